The monoisotopic (exact) mass is 306 g/mol. The van der Waals surface area contributed by atoms with Gasteiger partial charge in [0.25, 0.3) is 0 Å². The number of carbonyl (C=O) groups excluding carboxylic acids is 1. The molecule has 1 rings (SSSR count). The molecule has 0 bridgehead atoms. The highest BCUT2D eigenvalue weighted by atomic mass is 32.2. The zero-order chi connectivity index (χ0) is 15.3. The minimum Gasteiger partial charge on any atom is -0.481 e. The van der Waals surface area contributed by atoms with Gasteiger partial charge in [-0.25, -0.2) is 12.7 Å². The second-order valence-electron chi connectivity index (χ2n) is 5.22. The molecule has 1 amide bonds. The fourth-order valence-electron chi connectivity index (χ4n) is 2.33. The van der Waals surface area contributed by atoms with E-state index in [2.05, 4.69) is 0 Å². The van der Waals surface area contributed by atoms with Gasteiger partial charge in [0.1, 0.15) is 0 Å². The summed E-state index contributed by atoms with van der Waals surface area (Å²) in [7, 11) is -1.63. The van der Waals surface area contributed by atoms with Crippen molar-refractivity contribution in [2.75, 3.05) is 32.9 Å². The molecule has 1 aliphatic heterocycles. The Hall–Kier alpha value is -1.15. The van der Waals surface area contributed by atoms with E-state index in [1.54, 1.807) is 7.05 Å². The smallest absolute Gasteiger partial charge is 0.303 e. The zero-order valence-corrected chi connectivity index (χ0v) is 12.7. The molecular formula is C12H22N2O5S. The van der Waals surface area contributed by atoms with Crippen LogP contribution in [0.25, 0.3) is 0 Å². The van der Waals surface area contributed by atoms with Gasteiger partial charge in [0.05, 0.1) is 12.2 Å². The second kappa shape index (κ2) is 7.03. The van der Waals surface area contributed by atoms with Gasteiger partial charge in [-0.1, -0.05) is 0 Å². The summed E-state index contributed by atoms with van der Waals surface area (Å²) in [6, 6.07) is 0. The molecule has 1 saturated heterocycles. The Balaban J connectivity index is 2.51. The quantitative estimate of drug-likeness (QED) is 0.744. The third kappa shape index (κ3) is 5.09. The van der Waals surface area contributed by atoms with Gasteiger partial charge in [0.15, 0.2) is 0 Å². The van der Waals surface area contributed by atoms with Crippen LogP contribution in [0.5, 0.6) is 0 Å². The van der Waals surface area contributed by atoms with Gasteiger partial charge >= 0.3 is 5.97 Å². The zero-order valence-electron chi connectivity index (χ0n) is 11.9. The highest BCUT2D eigenvalue weighted by Gasteiger charge is 2.31. The predicted molar refractivity (Wildman–Crippen MR) is 73.6 cm³/mol. The Morgan fingerprint density at radius 2 is 2.05 bits per heavy atom. The van der Waals surface area contributed by atoms with Crippen LogP contribution in [0.3, 0.4) is 0 Å². The first-order valence-electron chi connectivity index (χ1n) is 6.63. The largest absolute Gasteiger partial charge is 0.481 e. The summed E-state index contributed by atoms with van der Waals surface area (Å²) < 4.78 is 24.4. The number of sulfonamides is 1. The summed E-state index contributed by atoms with van der Waals surface area (Å²) in [6.07, 6.45) is 2.93. The van der Waals surface area contributed by atoms with Crippen LogP contribution >= 0.6 is 0 Å². The number of carboxylic acid groups (broad SMARTS) is 1. The first-order valence-corrected chi connectivity index (χ1v) is 8.48. The van der Waals surface area contributed by atoms with Crippen LogP contribution in [-0.4, -0.2) is 67.5 Å². The molecule has 0 aromatic carbocycles. The number of aliphatic carboxylic acids is 1. The summed E-state index contributed by atoms with van der Waals surface area (Å²) in [5.74, 6) is -1.32. The molecule has 0 aromatic heterocycles. The molecule has 0 aromatic rings. The Morgan fingerprint density at radius 3 is 2.60 bits per heavy atom. The van der Waals surface area contributed by atoms with Crippen LogP contribution in [0.4, 0.5) is 0 Å². The maximum Gasteiger partial charge on any atom is 0.303 e. The first kappa shape index (κ1) is 16.9. The van der Waals surface area contributed by atoms with E-state index in [4.69, 9.17) is 5.11 Å². The van der Waals surface area contributed by atoms with Gasteiger partial charge in [-0.3, -0.25) is 9.59 Å². The fraction of sp³-hybridized carbons (Fsp3) is 0.833. The van der Waals surface area contributed by atoms with Crippen LogP contribution < -0.4 is 0 Å². The Bertz CT molecular complexity index is 462. The van der Waals surface area contributed by atoms with E-state index >= 15 is 0 Å². The Labute approximate surface area is 119 Å². The molecule has 1 heterocycles. The molecule has 1 aliphatic rings. The third-order valence-electron chi connectivity index (χ3n) is 3.46. The number of amides is 1. The number of carboxylic acids is 1. The molecule has 0 aliphatic carbocycles. The van der Waals surface area contributed by atoms with Crippen molar-refractivity contribution in [3.8, 4) is 0 Å². The molecule has 20 heavy (non-hydrogen) atoms. The molecule has 0 saturated carbocycles. The van der Waals surface area contributed by atoms with Gasteiger partial charge < -0.3 is 10.0 Å². The molecule has 1 N–H and O–H groups in total. The van der Waals surface area contributed by atoms with E-state index in [-0.39, 0.29) is 24.8 Å². The number of carbonyl (C=O) groups is 2. The van der Waals surface area contributed by atoms with Crippen LogP contribution in [0, 0.1) is 5.92 Å². The van der Waals surface area contributed by atoms with Gasteiger partial charge in [-0.05, 0) is 19.3 Å². The van der Waals surface area contributed by atoms with Gasteiger partial charge in [-0.2, -0.15) is 0 Å². The van der Waals surface area contributed by atoms with Crippen LogP contribution in [0.15, 0.2) is 0 Å². The lowest BCUT2D eigenvalue weighted by Gasteiger charge is -2.32. The normalized spacial score (nSPS) is 20.6. The Morgan fingerprint density at radius 1 is 1.40 bits per heavy atom. The van der Waals surface area contributed by atoms with Crippen molar-refractivity contribution in [1.29, 1.82) is 0 Å². The lowest BCUT2D eigenvalue weighted by atomic mass is 9.98. The van der Waals surface area contributed by atoms with E-state index in [1.807, 2.05) is 0 Å². The minimum absolute atomic E-state index is 0.0255. The van der Waals surface area contributed by atoms with Gasteiger partial charge in [0, 0.05) is 33.1 Å². The van der Waals surface area contributed by atoms with E-state index < -0.39 is 16.0 Å². The minimum atomic E-state index is -3.26. The number of rotatable bonds is 6. The van der Waals surface area contributed by atoms with E-state index in [0.29, 0.717) is 32.4 Å². The SMILES string of the molecule is CN(CCCC(=O)O)C(=O)C1CCCN(S(C)(=O)=O)C1. The van der Waals surface area contributed by atoms with Crippen molar-refractivity contribution in [1.82, 2.24) is 9.21 Å². The highest BCUT2D eigenvalue weighted by molar-refractivity contribution is 7.88. The molecule has 0 radical (unpaired) electrons. The maximum absolute atomic E-state index is 12.2. The van der Waals surface area contributed by atoms with E-state index in [9.17, 15) is 18.0 Å². The van der Waals surface area contributed by atoms with Crippen molar-refractivity contribution >= 4 is 21.9 Å². The topological polar surface area (TPSA) is 95.0 Å². The van der Waals surface area contributed by atoms with Gasteiger partial charge in [-0.15, -0.1) is 0 Å². The van der Waals surface area contributed by atoms with E-state index in [0.717, 1.165) is 6.26 Å². The van der Waals surface area contributed by atoms with Crippen molar-refractivity contribution < 1.29 is 23.1 Å². The molecule has 1 fully saturated rings. The molecule has 8 heteroatoms. The Kier molecular flexibility index (Phi) is 5.94. The van der Waals surface area contributed by atoms with Crippen LogP contribution in [0.1, 0.15) is 25.7 Å². The summed E-state index contributed by atoms with van der Waals surface area (Å²) in [6.45, 7) is 1.06. The van der Waals surface area contributed by atoms with Crippen molar-refractivity contribution in [2.24, 2.45) is 5.92 Å². The highest BCUT2D eigenvalue weighted by Crippen LogP contribution is 2.20. The molecule has 7 nitrogen and oxygen atoms in total. The number of piperidine rings is 1. The maximum atomic E-state index is 12.2. The predicted octanol–water partition coefficient (Wildman–Crippen LogP) is -0.0188. The standard InChI is InChI=1S/C12H22N2O5S/c1-13(7-4-6-11(15)16)12(17)10-5-3-8-14(9-10)20(2,18)19/h10H,3-9H2,1-2H3,(H,15,16). The van der Waals surface area contributed by atoms with Crippen LogP contribution in [0.2, 0.25) is 0 Å². The molecule has 0 spiro atoms. The third-order valence-corrected chi connectivity index (χ3v) is 4.73. The number of hydrogen-bond acceptors (Lipinski definition) is 4. The molecule has 1 unspecified atom stereocenters. The first-order chi connectivity index (χ1) is 9.21. The van der Waals surface area contributed by atoms with Crippen LogP contribution in [-0.2, 0) is 19.6 Å². The van der Waals surface area contributed by atoms with Gasteiger partial charge in [0.2, 0.25) is 15.9 Å². The number of hydrogen-bond donors (Lipinski definition) is 1. The molecular weight excluding hydrogens is 284 g/mol. The fourth-order valence-corrected chi connectivity index (χ4v) is 3.25. The van der Waals surface area contributed by atoms with E-state index in [1.165, 1.54) is 9.21 Å². The summed E-state index contributed by atoms with van der Waals surface area (Å²) in [4.78, 5) is 24.1. The average Bonchev–Trinajstić information content (AvgIpc) is 2.36. The summed E-state index contributed by atoms with van der Waals surface area (Å²) in [5, 5.41) is 8.56. The number of nitrogens with zero attached hydrogens (tertiary/aromatic N) is 2. The summed E-state index contributed by atoms with van der Waals surface area (Å²) in [5.41, 5.74) is 0. The molecule has 116 valence electrons. The van der Waals surface area contributed by atoms with Crippen molar-refractivity contribution in [3.63, 3.8) is 0 Å². The second-order valence-corrected chi connectivity index (χ2v) is 7.20. The lowest BCUT2D eigenvalue weighted by molar-refractivity contribution is -0.139. The van der Waals surface area contributed by atoms with Crippen molar-refractivity contribution in [3.05, 3.63) is 0 Å². The summed E-state index contributed by atoms with van der Waals surface area (Å²) >= 11 is 0. The molecule has 1 atom stereocenters. The lowest BCUT2D eigenvalue weighted by Crippen LogP contribution is -2.45. The average molecular weight is 306 g/mol. The van der Waals surface area contributed by atoms with Crippen molar-refractivity contribution in [2.45, 2.75) is 25.7 Å².